The molecule has 1 aliphatic rings. The molecule has 2 N–H and O–H groups in total. The molecule has 1 heterocycles. The second kappa shape index (κ2) is 11.1. The molecule has 0 saturated carbocycles. The molecule has 3 aromatic carbocycles. The topological polar surface area (TPSA) is 87.7 Å². The predicted octanol–water partition coefficient (Wildman–Crippen LogP) is 5.00. The summed E-state index contributed by atoms with van der Waals surface area (Å²) in [6.45, 7) is 2.52. The number of hydrogen-bond donors (Lipinski definition) is 2. The fourth-order valence-electron chi connectivity index (χ4n) is 4.04. The predicted molar refractivity (Wildman–Crippen MR) is 138 cm³/mol. The molecule has 9 heteroatoms. The number of amides is 1. The van der Waals surface area contributed by atoms with Gasteiger partial charge in [0.15, 0.2) is 0 Å². The normalized spacial score (nSPS) is 14.9. The molecule has 1 aliphatic heterocycles. The van der Waals surface area contributed by atoms with Gasteiger partial charge in [-0.25, -0.2) is 8.42 Å². The Kier molecular flexibility index (Phi) is 7.95. The van der Waals surface area contributed by atoms with E-state index in [4.69, 9.17) is 16.3 Å². The van der Waals surface area contributed by atoms with Crippen LogP contribution in [0, 0.1) is 5.92 Å². The summed E-state index contributed by atoms with van der Waals surface area (Å²) in [7, 11) is -2.20. The molecule has 0 aromatic heterocycles. The maximum Gasteiger partial charge on any atom is 0.261 e. The Bertz CT molecular complexity index is 1240. The highest BCUT2D eigenvalue weighted by Gasteiger charge is 2.25. The first-order chi connectivity index (χ1) is 16.8. The molecule has 0 unspecified atom stereocenters. The molecule has 0 spiro atoms. The van der Waals surface area contributed by atoms with Gasteiger partial charge in [-0.2, -0.15) is 0 Å². The van der Waals surface area contributed by atoms with Gasteiger partial charge in [0.25, 0.3) is 10.0 Å². The van der Waals surface area contributed by atoms with Gasteiger partial charge in [-0.05, 0) is 92.2 Å². The maximum absolute atomic E-state index is 12.8. The van der Waals surface area contributed by atoms with Crippen molar-refractivity contribution in [3.63, 3.8) is 0 Å². The van der Waals surface area contributed by atoms with Crippen molar-refractivity contribution in [3.8, 4) is 5.75 Å². The quantitative estimate of drug-likeness (QED) is 0.442. The summed E-state index contributed by atoms with van der Waals surface area (Å²) < 4.78 is 33.0. The average molecular weight is 514 g/mol. The van der Waals surface area contributed by atoms with Crippen molar-refractivity contribution in [1.29, 1.82) is 0 Å². The zero-order valence-electron chi connectivity index (χ0n) is 19.4. The zero-order chi connectivity index (χ0) is 24.8. The second-order valence-corrected chi connectivity index (χ2v) is 10.6. The van der Waals surface area contributed by atoms with Crippen LogP contribution < -0.4 is 14.8 Å². The molecular formula is C26H28ClN3O4S. The summed E-state index contributed by atoms with van der Waals surface area (Å²) in [5, 5.41) is 3.65. The first kappa shape index (κ1) is 25.0. The van der Waals surface area contributed by atoms with E-state index in [1.807, 2.05) is 24.3 Å². The van der Waals surface area contributed by atoms with Gasteiger partial charge in [0, 0.05) is 28.9 Å². The smallest absolute Gasteiger partial charge is 0.261 e. The number of nitrogens with zero attached hydrogens (tertiary/aromatic N) is 1. The van der Waals surface area contributed by atoms with E-state index in [9.17, 15) is 13.2 Å². The number of ether oxygens (including phenoxy) is 1. The van der Waals surface area contributed by atoms with Crippen molar-refractivity contribution in [2.45, 2.75) is 24.3 Å². The van der Waals surface area contributed by atoms with Crippen molar-refractivity contribution < 1.29 is 17.9 Å². The average Bonchev–Trinajstić information content (AvgIpc) is 2.86. The van der Waals surface area contributed by atoms with Crippen LogP contribution in [0.2, 0.25) is 5.02 Å². The monoisotopic (exact) mass is 513 g/mol. The summed E-state index contributed by atoms with van der Waals surface area (Å²) in [4.78, 5) is 15.2. The number of piperidine rings is 1. The molecule has 0 atom stereocenters. The third kappa shape index (κ3) is 6.75. The molecule has 1 amide bonds. The molecule has 35 heavy (non-hydrogen) atoms. The van der Waals surface area contributed by atoms with E-state index >= 15 is 0 Å². The Hall–Kier alpha value is -3.07. The number of hydrogen-bond acceptors (Lipinski definition) is 5. The Morgan fingerprint density at radius 1 is 0.943 bits per heavy atom. The van der Waals surface area contributed by atoms with Crippen molar-refractivity contribution in [1.82, 2.24) is 4.90 Å². The molecule has 3 aromatic rings. The Balaban J connectivity index is 1.28. The van der Waals surface area contributed by atoms with Gasteiger partial charge in [-0.1, -0.05) is 23.7 Å². The highest BCUT2D eigenvalue weighted by molar-refractivity contribution is 7.92. The number of carbonyl (C=O) groups excluding carboxylic acids is 1. The second-order valence-electron chi connectivity index (χ2n) is 8.52. The van der Waals surface area contributed by atoms with Gasteiger partial charge in [0.05, 0.1) is 12.0 Å². The summed E-state index contributed by atoms with van der Waals surface area (Å²) in [6, 6.07) is 20.6. The molecule has 0 radical (unpaired) electrons. The van der Waals surface area contributed by atoms with Gasteiger partial charge in [-0.3, -0.25) is 14.4 Å². The summed E-state index contributed by atoms with van der Waals surface area (Å²) in [5.74, 6) is 0.528. The lowest BCUT2D eigenvalue weighted by Crippen LogP contribution is -2.37. The number of carbonyl (C=O) groups is 1. The minimum absolute atomic E-state index is 0.0388. The lowest BCUT2D eigenvalue weighted by molar-refractivity contribution is -0.121. The number of nitrogens with one attached hydrogen (secondary N) is 2. The van der Waals surface area contributed by atoms with E-state index in [2.05, 4.69) is 14.9 Å². The number of anilines is 2. The Morgan fingerprint density at radius 2 is 1.54 bits per heavy atom. The van der Waals surface area contributed by atoms with Crippen LogP contribution in [0.4, 0.5) is 11.4 Å². The van der Waals surface area contributed by atoms with E-state index in [1.54, 1.807) is 43.5 Å². The number of benzene rings is 3. The number of methoxy groups -OCH3 is 1. The SMILES string of the molecule is COc1ccc(NS(=O)(=O)c2ccc(NC(=O)C3CCN(Cc4ccc(Cl)cc4)CC3)cc2)cc1. The molecular weight excluding hydrogens is 486 g/mol. The number of rotatable bonds is 8. The molecule has 184 valence electrons. The number of sulfonamides is 1. The fourth-order valence-corrected chi connectivity index (χ4v) is 5.22. The minimum atomic E-state index is -3.75. The lowest BCUT2D eigenvalue weighted by Gasteiger charge is -2.31. The highest BCUT2D eigenvalue weighted by Crippen LogP contribution is 2.23. The molecule has 4 rings (SSSR count). The third-order valence-electron chi connectivity index (χ3n) is 6.05. The fraction of sp³-hybridized carbons (Fsp3) is 0.269. The van der Waals surface area contributed by atoms with Gasteiger partial charge in [0.1, 0.15) is 5.75 Å². The molecule has 1 saturated heterocycles. The van der Waals surface area contributed by atoms with E-state index in [1.165, 1.54) is 17.7 Å². The van der Waals surface area contributed by atoms with Gasteiger partial charge >= 0.3 is 0 Å². The standard InChI is InChI=1S/C26H28ClN3O4S/c1-34-24-10-6-23(7-11-24)29-35(32,33)25-12-8-22(9-13-25)28-26(31)20-14-16-30(17-15-20)18-19-2-4-21(27)5-3-19/h2-13,20,29H,14-18H2,1H3,(H,28,31). The van der Waals surface area contributed by atoms with Crippen LogP contribution in [0.5, 0.6) is 5.75 Å². The van der Waals surface area contributed by atoms with Crippen LogP contribution in [0.25, 0.3) is 0 Å². The van der Waals surface area contributed by atoms with Crippen LogP contribution in [-0.4, -0.2) is 39.4 Å². The first-order valence-corrected chi connectivity index (χ1v) is 13.2. The zero-order valence-corrected chi connectivity index (χ0v) is 21.0. The van der Waals surface area contributed by atoms with Gasteiger partial charge < -0.3 is 10.1 Å². The van der Waals surface area contributed by atoms with E-state index in [0.717, 1.165) is 37.5 Å². The lowest BCUT2D eigenvalue weighted by atomic mass is 9.95. The number of halogens is 1. The third-order valence-corrected chi connectivity index (χ3v) is 7.70. The maximum atomic E-state index is 12.8. The minimum Gasteiger partial charge on any atom is -0.497 e. The van der Waals surface area contributed by atoms with E-state index < -0.39 is 10.0 Å². The summed E-state index contributed by atoms with van der Waals surface area (Å²) in [6.07, 6.45) is 1.55. The summed E-state index contributed by atoms with van der Waals surface area (Å²) >= 11 is 5.95. The largest absolute Gasteiger partial charge is 0.497 e. The van der Waals surface area contributed by atoms with E-state index in [-0.39, 0.29) is 16.7 Å². The van der Waals surface area contributed by atoms with Crippen LogP contribution in [0.1, 0.15) is 18.4 Å². The highest BCUT2D eigenvalue weighted by atomic mass is 35.5. The van der Waals surface area contributed by atoms with Gasteiger partial charge in [0.2, 0.25) is 5.91 Å². The molecule has 7 nitrogen and oxygen atoms in total. The van der Waals surface area contributed by atoms with Crippen molar-refractivity contribution in [3.05, 3.63) is 83.4 Å². The summed E-state index contributed by atoms with van der Waals surface area (Å²) in [5.41, 5.74) is 2.21. The number of likely N-dealkylation sites (tertiary alicyclic amines) is 1. The van der Waals surface area contributed by atoms with Crippen LogP contribution >= 0.6 is 11.6 Å². The van der Waals surface area contributed by atoms with Crippen molar-refractivity contribution >= 4 is 38.9 Å². The van der Waals surface area contributed by atoms with Crippen molar-refractivity contribution in [2.75, 3.05) is 30.2 Å². The molecule has 1 fully saturated rings. The van der Waals surface area contributed by atoms with Crippen LogP contribution in [-0.2, 0) is 21.4 Å². The molecule has 0 aliphatic carbocycles. The van der Waals surface area contributed by atoms with Crippen LogP contribution in [0.3, 0.4) is 0 Å². The van der Waals surface area contributed by atoms with E-state index in [0.29, 0.717) is 17.1 Å². The Morgan fingerprint density at radius 3 is 2.14 bits per heavy atom. The van der Waals surface area contributed by atoms with Crippen LogP contribution in [0.15, 0.2) is 77.7 Å². The van der Waals surface area contributed by atoms with Gasteiger partial charge in [-0.15, -0.1) is 0 Å². The van der Waals surface area contributed by atoms with Crippen molar-refractivity contribution in [2.24, 2.45) is 5.92 Å². The first-order valence-electron chi connectivity index (χ1n) is 11.4. The molecule has 0 bridgehead atoms. The Labute approximate surface area is 211 Å².